The number of carbonyl (C=O) groups is 2. The number of benzene rings is 1. The van der Waals surface area contributed by atoms with Gasteiger partial charge in [-0.15, -0.1) is 11.3 Å². The molecule has 0 bridgehead atoms. The van der Waals surface area contributed by atoms with Crippen LogP contribution in [0, 0.1) is 5.92 Å². The summed E-state index contributed by atoms with van der Waals surface area (Å²) < 4.78 is 7.18. The molecule has 0 saturated carbocycles. The number of fused-ring (bicyclic) bond motifs is 1. The molecule has 30 heavy (non-hydrogen) atoms. The van der Waals surface area contributed by atoms with E-state index in [-0.39, 0.29) is 17.8 Å². The lowest BCUT2D eigenvalue weighted by molar-refractivity contribution is -0.151. The van der Waals surface area contributed by atoms with Gasteiger partial charge in [0.25, 0.3) is 0 Å². The van der Waals surface area contributed by atoms with E-state index in [1.165, 1.54) is 0 Å². The average Bonchev–Trinajstić information content (AvgIpc) is 3.34. The summed E-state index contributed by atoms with van der Waals surface area (Å²) in [5, 5.41) is 2.75. The Morgan fingerprint density at radius 3 is 2.87 bits per heavy atom. The standard InChI is InChI=1S/C22H24ClN3O3S/c1-2-29-21(28)16-4-3-11-25(12-16)20(27)10-9-18-14-30-22-24-19(13-26(18)22)15-5-7-17(23)8-6-15/h5-8,13-14,16H,2-4,9-12H2,1H3/t16-/m0/s1. The second kappa shape index (κ2) is 9.18. The van der Waals surface area contributed by atoms with Crippen molar-refractivity contribution < 1.29 is 14.3 Å². The van der Waals surface area contributed by atoms with E-state index in [2.05, 4.69) is 14.8 Å². The Morgan fingerprint density at radius 2 is 2.10 bits per heavy atom. The van der Waals surface area contributed by atoms with Gasteiger partial charge in [-0.3, -0.25) is 14.0 Å². The van der Waals surface area contributed by atoms with Gasteiger partial charge < -0.3 is 9.64 Å². The molecule has 1 aliphatic heterocycles. The topological polar surface area (TPSA) is 63.9 Å². The summed E-state index contributed by atoms with van der Waals surface area (Å²) in [7, 11) is 0. The van der Waals surface area contributed by atoms with Crippen LogP contribution in [-0.4, -0.2) is 45.9 Å². The van der Waals surface area contributed by atoms with Gasteiger partial charge in [0.1, 0.15) is 0 Å². The van der Waals surface area contributed by atoms with Gasteiger partial charge in [0.05, 0.1) is 18.2 Å². The molecule has 8 heteroatoms. The number of imidazole rings is 1. The van der Waals surface area contributed by atoms with Crippen LogP contribution in [0.25, 0.3) is 16.2 Å². The van der Waals surface area contributed by atoms with Crippen molar-refractivity contribution in [2.24, 2.45) is 5.92 Å². The van der Waals surface area contributed by atoms with Crippen molar-refractivity contribution in [1.29, 1.82) is 0 Å². The van der Waals surface area contributed by atoms with Crippen molar-refractivity contribution >= 4 is 39.8 Å². The molecule has 4 rings (SSSR count). The number of halogens is 1. The Hall–Kier alpha value is -2.38. The number of carbonyl (C=O) groups excluding carboxylic acids is 2. The first kappa shape index (κ1) is 20.9. The van der Waals surface area contributed by atoms with E-state index in [4.69, 9.17) is 16.3 Å². The fourth-order valence-electron chi connectivity index (χ4n) is 3.82. The predicted molar refractivity (Wildman–Crippen MR) is 118 cm³/mol. The van der Waals surface area contributed by atoms with Crippen LogP contribution in [-0.2, 0) is 20.7 Å². The zero-order valence-corrected chi connectivity index (χ0v) is 18.4. The largest absolute Gasteiger partial charge is 0.466 e. The molecule has 3 aromatic rings. The van der Waals surface area contributed by atoms with Crippen molar-refractivity contribution in [2.75, 3.05) is 19.7 Å². The Balaban J connectivity index is 1.40. The highest BCUT2D eigenvalue weighted by Crippen LogP contribution is 2.26. The molecular weight excluding hydrogens is 422 g/mol. The Bertz CT molecular complexity index is 1040. The van der Waals surface area contributed by atoms with Crippen molar-refractivity contribution in [3.63, 3.8) is 0 Å². The molecule has 0 spiro atoms. The summed E-state index contributed by atoms with van der Waals surface area (Å²) in [5.41, 5.74) is 2.96. The molecule has 0 N–H and O–H groups in total. The van der Waals surface area contributed by atoms with Crippen molar-refractivity contribution in [2.45, 2.75) is 32.6 Å². The third-order valence-corrected chi connectivity index (χ3v) is 6.55. The molecule has 0 unspecified atom stereocenters. The molecule has 0 aliphatic carbocycles. The minimum Gasteiger partial charge on any atom is -0.466 e. The molecule has 1 saturated heterocycles. The molecule has 158 valence electrons. The Kier molecular flexibility index (Phi) is 6.39. The summed E-state index contributed by atoms with van der Waals surface area (Å²) in [6.45, 7) is 3.35. The number of amides is 1. The summed E-state index contributed by atoms with van der Waals surface area (Å²) >= 11 is 7.54. The number of nitrogens with zero attached hydrogens (tertiary/aromatic N) is 3. The van der Waals surface area contributed by atoms with Crippen LogP contribution in [0.1, 0.15) is 31.9 Å². The maximum absolute atomic E-state index is 12.8. The maximum Gasteiger partial charge on any atom is 0.310 e. The number of piperidine rings is 1. The van der Waals surface area contributed by atoms with E-state index in [0.717, 1.165) is 34.8 Å². The first-order valence-electron chi connectivity index (χ1n) is 10.2. The van der Waals surface area contributed by atoms with Crippen LogP contribution in [0.5, 0.6) is 0 Å². The van der Waals surface area contributed by atoms with Gasteiger partial charge in [0.15, 0.2) is 4.96 Å². The quantitative estimate of drug-likeness (QED) is 0.526. The maximum atomic E-state index is 12.8. The Morgan fingerprint density at radius 1 is 1.30 bits per heavy atom. The minimum absolute atomic E-state index is 0.0846. The van der Waals surface area contributed by atoms with Gasteiger partial charge >= 0.3 is 5.97 Å². The molecule has 1 fully saturated rings. The molecule has 3 heterocycles. The number of ether oxygens (including phenoxy) is 1. The fraction of sp³-hybridized carbons (Fsp3) is 0.409. The van der Waals surface area contributed by atoms with E-state index in [1.807, 2.05) is 35.4 Å². The molecule has 6 nitrogen and oxygen atoms in total. The molecule has 0 radical (unpaired) electrons. The summed E-state index contributed by atoms with van der Waals surface area (Å²) in [6.07, 6.45) is 4.68. The second-order valence-electron chi connectivity index (χ2n) is 7.44. The van der Waals surface area contributed by atoms with Crippen LogP contribution in [0.3, 0.4) is 0 Å². The zero-order valence-electron chi connectivity index (χ0n) is 16.8. The highest BCUT2D eigenvalue weighted by Gasteiger charge is 2.29. The van der Waals surface area contributed by atoms with Gasteiger partial charge in [-0.05, 0) is 38.3 Å². The molecular formula is C22H24ClN3O3S. The van der Waals surface area contributed by atoms with Gasteiger partial charge in [-0.2, -0.15) is 0 Å². The van der Waals surface area contributed by atoms with E-state index in [9.17, 15) is 9.59 Å². The molecule has 1 aromatic carbocycles. The van der Waals surface area contributed by atoms with Crippen LogP contribution in [0.4, 0.5) is 0 Å². The lowest BCUT2D eigenvalue weighted by Crippen LogP contribution is -2.42. The van der Waals surface area contributed by atoms with Crippen molar-refractivity contribution in [3.8, 4) is 11.3 Å². The van der Waals surface area contributed by atoms with E-state index < -0.39 is 0 Å². The van der Waals surface area contributed by atoms with Gasteiger partial charge in [-0.25, -0.2) is 4.98 Å². The highest BCUT2D eigenvalue weighted by atomic mass is 35.5. The zero-order chi connectivity index (χ0) is 21.1. The number of thiazole rings is 1. The minimum atomic E-state index is -0.203. The number of rotatable bonds is 6. The highest BCUT2D eigenvalue weighted by molar-refractivity contribution is 7.15. The first-order chi connectivity index (χ1) is 14.5. The SMILES string of the molecule is CCOC(=O)[C@H]1CCCN(C(=O)CCc2csc3nc(-c4ccc(Cl)cc4)cn23)C1. The predicted octanol–water partition coefficient (Wildman–Crippen LogP) is 4.45. The molecule has 1 aliphatic rings. The van der Waals surface area contributed by atoms with Gasteiger partial charge in [-0.1, -0.05) is 23.7 Å². The van der Waals surface area contributed by atoms with Gasteiger partial charge in [0, 0.05) is 47.4 Å². The first-order valence-corrected chi connectivity index (χ1v) is 11.5. The number of hydrogen-bond acceptors (Lipinski definition) is 5. The lowest BCUT2D eigenvalue weighted by Gasteiger charge is -2.31. The van der Waals surface area contributed by atoms with E-state index >= 15 is 0 Å². The fourth-order valence-corrected chi connectivity index (χ4v) is 4.85. The van der Waals surface area contributed by atoms with E-state index in [1.54, 1.807) is 18.3 Å². The van der Waals surface area contributed by atoms with E-state index in [0.29, 0.717) is 37.6 Å². The lowest BCUT2D eigenvalue weighted by atomic mass is 9.98. The Labute approximate surface area is 184 Å². The van der Waals surface area contributed by atoms with Crippen LogP contribution >= 0.6 is 22.9 Å². The molecule has 1 atom stereocenters. The van der Waals surface area contributed by atoms with Crippen LogP contribution in [0.15, 0.2) is 35.8 Å². The number of likely N-dealkylation sites (tertiary alicyclic amines) is 1. The average molecular weight is 446 g/mol. The monoisotopic (exact) mass is 445 g/mol. The number of hydrogen-bond donors (Lipinski definition) is 0. The second-order valence-corrected chi connectivity index (χ2v) is 8.72. The number of aromatic nitrogens is 2. The summed E-state index contributed by atoms with van der Waals surface area (Å²) in [6, 6.07) is 7.61. The van der Waals surface area contributed by atoms with Gasteiger partial charge in [0.2, 0.25) is 5.91 Å². The van der Waals surface area contributed by atoms with Crippen LogP contribution in [0.2, 0.25) is 5.02 Å². The third kappa shape index (κ3) is 4.52. The number of aryl methyl sites for hydroxylation is 1. The molecule has 2 aromatic heterocycles. The smallest absolute Gasteiger partial charge is 0.310 e. The summed E-state index contributed by atoms with van der Waals surface area (Å²) in [5.74, 6) is -0.310. The molecule has 1 amide bonds. The van der Waals surface area contributed by atoms with Crippen molar-refractivity contribution in [1.82, 2.24) is 14.3 Å². The van der Waals surface area contributed by atoms with Crippen molar-refractivity contribution in [3.05, 3.63) is 46.6 Å². The normalized spacial score (nSPS) is 16.7. The summed E-state index contributed by atoms with van der Waals surface area (Å²) in [4.78, 5) is 32.2. The third-order valence-electron chi connectivity index (χ3n) is 5.41. The van der Waals surface area contributed by atoms with Crippen LogP contribution < -0.4 is 0 Å². The number of esters is 1.